The Labute approximate surface area is 167 Å². The van der Waals surface area contributed by atoms with E-state index in [0.717, 1.165) is 30.2 Å². The lowest BCUT2D eigenvalue weighted by molar-refractivity contribution is 0.0923. The Balaban J connectivity index is 1.26. The highest BCUT2D eigenvalue weighted by Crippen LogP contribution is 2.25. The Kier molecular flexibility index (Phi) is 5.53. The van der Waals surface area contributed by atoms with Gasteiger partial charge in [0, 0.05) is 29.7 Å². The van der Waals surface area contributed by atoms with Crippen molar-refractivity contribution in [2.75, 3.05) is 6.54 Å². The summed E-state index contributed by atoms with van der Waals surface area (Å²) in [4.78, 5) is 28.8. The van der Waals surface area contributed by atoms with Crippen LogP contribution in [-0.2, 0) is 6.61 Å². The number of aliphatic hydroxyl groups is 1. The second-order valence-corrected chi connectivity index (χ2v) is 7.44. The van der Waals surface area contributed by atoms with Gasteiger partial charge in [-0.1, -0.05) is 6.07 Å². The van der Waals surface area contributed by atoms with Crippen LogP contribution < -0.4 is 10.6 Å². The minimum Gasteiger partial charge on any atom is -0.392 e. The van der Waals surface area contributed by atoms with Crippen LogP contribution in [0.15, 0.2) is 42.7 Å². The molecule has 2 unspecified atom stereocenters. The van der Waals surface area contributed by atoms with E-state index < -0.39 is 0 Å². The maximum absolute atomic E-state index is 12.4. The Bertz CT molecular complexity index is 1010. The van der Waals surface area contributed by atoms with E-state index >= 15 is 0 Å². The Hall–Kier alpha value is -3.26. The van der Waals surface area contributed by atoms with Crippen LogP contribution in [0.1, 0.15) is 45.7 Å². The molecule has 2 atom stereocenters. The molecule has 2 heterocycles. The normalized spacial score (nSPS) is 18.7. The van der Waals surface area contributed by atoms with Crippen LogP contribution in [0, 0.1) is 5.92 Å². The molecule has 0 saturated heterocycles. The molecule has 1 aliphatic rings. The van der Waals surface area contributed by atoms with Crippen LogP contribution in [-0.4, -0.2) is 44.7 Å². The highest BCUT2D eigenvalue weighted by Gasteiger charge is 2.26. The zero-order valence-electron chi connectivity index (χ0n) is 15.9. The minimum absolute atomic E-state index is 0.0750. The number of aromatic amines is 1. The highest BCUT2D eigenvalue weighted by atomic mass is 16.3. The summed E-state index contributed by atoms with van der Waals surface area (Å²) in [7, 11) is 0. The quantitative estimate of drug-likeness (QED) is 0.509. The number of aliphatic hydroxyl groups excluding tert-OH is 1. The Morgan fingerprint density at radius 3 is 2.83 bits per heavy atom. The molecule has 0 radical (unpaired) electrons. The van der Waals surface area contributed by atoms with Gasteiger partial charge in [-0.3, -0.25) is 19.7 Å². The van der Waals surface area contributed by atoms with Crippen molar-refractivity contribution >= 4 is 22.7 Å². The van der Waals surface area contributed by atoms with Crippen molar-refractivity contribution in [3.8, 4) is 0 Å². The number of H-pyrrole nitrogens is 1. The molecule has 3 aromatic rings. The van der Waals surface area contributed by atoms with Crippen molar-refractivity contribution in [2.24, 2.45) is 5.92 Å². The molecule has 0 spiro atoms. The zero-order valence-corrected chi connectivity index (χ0v) is 15.9. The average Bonchev–Trinajstić information content (AvgIpc) is 3.40. The SMILES string of the molecule is O=C(NCC1CCC(NC(=O)c2ccc(CO)cn2)C1)c1ccc2[nH]ncc2c1. The molecular formula is C21H23N5O3. The number of amides is 2. The standard InChI is InChI=1S/C21H23N5O3/c27-12-14-2-5-19(22-10-14)21(29)25-17-4-1-13(7-17)9-23-20(28)15-3-6-18-16(8-15)11-24-26-18/h2-3,5-6,8,10-11,13,17,27H,1,4,7,9,12H2,(H,23,28)(H,24,26)(H,25,29). The van der Waals surface area contributed by atoms with Gasteiger partial charge in [0.2, 0.25) is 0 Å². The number of benzene rings is 1. The molecule has 8 nitrogen and oxygen atoms in total. The zero-order chi connectivity index (χ0) is 20.2. The van der Waals surface area contributed by atoms with E-state index in [4.69, 9.17) is 5.11 Å². The number of nitrogens with one attached hydrogen (secondary N) is 3. The van der Waals surface area contributed by atoms with E-state index in [1.807, 2.05) is 12.1 Å². The first kappa shape index (κ1) is 19.1. The first-order valence-corrected chi connectivity index (χ1v) is 9.70. The number of rotatable bonds is 6. The number of aromatic nitrogens is 3. The summed E-state index contributed by atoms with van der Waals surface area (Å²) in [5, 5.41) is 22.8. The van der Waals surface area contributed by atoms with Gasteiger partial charge in [-0.25, -0.2) is 0 Å². The van der Waals surface area contributed by atoms with Crippen molar-refractivity contribution in [1.82, 2.24) is 25.8 Å². The van der Waals surface area contributed by atoms with Crippen molar-refractivity contribution < 1.29 is 14.7 Å². The molecule has 1 aromatic carbocycles. The summed E-state index contributed by atoms with van der Waals surface area (Å²) in [6, 6.07) is 8.83. The van der Waals surface area contributed by atoms with E-state index in [2.05, 4.69) is 25.8 Å². The van der Waals surface area contributed by atoms with Gasteiger partial charge in [-0.15, -0.1) is 0 Å². The van der Waals surface area contributed by atoms with E-state index in [9.17, 15) is 9.59 Å². The number of hydrogen-bond acceptors (Lipinski definition) is 5. The predicted molar refractivity (Wildman–Crippen MR) is 107 cm³/mol. The monoisotopic (exact) mass is 393 g/mol. The number of hydrogen-bond donors (Lipinski definition) is 4. The molecule has 29 heavy (non-hydrogen) atoms. The number of pyridine rings is 1. The van der Waals surface area contributed by atoms with Gasteiger partial charge in [-0.05, 0) is 55.0 Å². The number of nitrogens with zero attached hydrogens (tertiary/aromatic N) is 2. The number of fused-ring (bicyclic) bond motifs is 1. The molecule has 2 amide bonds. The predicted octanol–water partition coefficient (Wildman–Crippen LogP) is 1.78. The van der Waals surface area contributed by atoms with E-state index in [1.54, 1.807) is 24.4 Å². The molecule has 4 rings (SSSR count). The van der Waals surface area contributed by atoms with Crippen molar-refractivity contribution in [1.29, 1.82) is 0 Å². The summed E-state index contributed by atoms with van der Waals surface area (Å²) >= 11 is 0. The van der Waals surface area contributed by atoms with Gasteiger partial charge >= 0.3 is 0 Å². The maximum Gasteiger partial charge on any atom is 0.270 e. The molecule has 1 saturated carbocycles. The fraction of sp³-hybridized carbons (Fsp3) is 0.333. The Morgan fingerprint density at radius 2 is 2.03 bits per heavy atom. The van der Waals surface area contributed by atoms with Crippen LogP contribution >= 0.6 is 0 Å². The van der Waals surface area contributed by atoms with Crippen LogP contribution in [0.2, 0.25) is 0 Å². The summed E-state index contributed by atoms with van der Waals surface area (Å²) in [6.45, 7) is 0.485. The molecule has 8 heteroatoms. The minimum atomic E-state index is -0.211. The topological polar surface area (TPSA) is 120 Å². The largest absolute Gasteiger partial charge is 0.392 e. The van der Waals surface area contributed by atoms with Crippen LogP contribution in [0.4, 0.5) is 0 Å². The third-order valence-electron chi connectivity index (χ3n) is 5.37. The second kappa shape index (κ2) is 8.40. The van der Waals surface area contributed by atoms with Gasteiger partial charge < -0.3 is 15.7 Å². The summed E-state index contributed by atoms with van der Waals surface area (Å²) in [6.07, 6.45) is 5.84. The van der Waals surface area contributed by atoms with E-state index in [1.165, 1.54) is 6.20 Å². The first-order chi connectivity index (χ1) is 14.1. The molecule has 1 fully saturated rings. The molecule has 1 aliphatic carbocycles. The third-order valence-corrected chi connectivity index (χ3v) is 5.37. The Morgan fingerprint density at radius 1 is 1.14 bits per heavy atom. The first-order valence-electron chi connectivity index (χ1n) is 9.70. The molecule has 150 valence electrons. The fourth-order valence-corrected chi connectivity index (χ4v) is 3.73. The van der Waals surface area contributed by atoms with Gasteiger partial charge in [-0.2, -0.15) is 5.10 Å². The molecule has 0 aliphatic heterocycles. The molecule has 0 bridgehead atoms. The average molecular weight is 393 g/mol. The lowest BCUT2D eigenvalue weighted by Crippen LogP contribution is -2.34. The van der Waals surface area contributed by atoms with Gasteiger partial charge in [0.05, 0.1) is 18.3 Å². The third kappa shape index (κ3) is 4.43. The smallest absolute Gasteiger partial charge is 0.270 e. The fourth-order valence-electron chi connectivity index (χ4n) is 3.73. The summed E-state index contributed by atoms with van der Waals surface area (Å²) < 4.78 is 0. The van der Waals surface area contributed by atoms with Gasteiger partial charge in [0.15, 0.2) is 0 Å². The van der Waals surface area contributed by atoms with Gasteiger partial charge in [0.25, 0.3) is 11.8 Å². The van der Waals surface area contributed by atoms with Crippen LogP contribution in [0.3, 0.4) is 0 Å². The lowest BCUT2D eigenvalue weighted by Gasteiger charge is -2.14. The lowest BCUT2D eigenvalue weighted by atomic mass is 10.1. The van der Waals surface area contributed by atoms with Gasteiger partial charge in [0.1, 0.15) is 5.69 Å². The highest BCUT2D eigenvalue weighted by molar-refractivity contribution is 5.97. The van der Waals surface area contributed by atoms with E-state index in [0.29, 0.717) is 29.3 Å². The number of carbonyl (C=O) groups excluding carboxylic acids is 2. The summed E-state index contributed by atoms with van der Waals surface area (Å²) in [5.41, 5.74) is 2.52. The molecular weight excluding hydrogens is 370 g/mol. The van der Waals surface area contributed by atoms with Crippen LogP contribution in [0.25, 0.3) is 10.9 Å². The number of carbonyl (C=O) groups is 2. The van der Waals surface area contributed by atoms with Crippen molar-refractivity contribution in [2.45, 2.75) is 31.9 Å². The maximum atomic E-state index is 12.4. The molecule has 2 aromatic heterocycles. The second-order valence-electron chi connectivity index (χ2n) is 7.44. The van der Waals surface area contributed by atoms with Crippen molar-refractivity contribution in [3.63, 3.8) is 0 Å². The van der Waals surface area contributed by atoms with E-state index in [-0.39, 0.29) is 24.5 Å². The molecule has 4 N–H and O–H groups in total. The summed E-state index contributed by atoms with van der Waals surface area (Å²) in [5.74, 6) is 0.0120. The van der Waals surface area contributed by atoms with Crippen molar-refractivity contribution in [3.05, 3.63) is 59.5 Å². The van der Waals surface area contributed by atoms with Crippen LogP contribution in [0.5, 0.6) is 0 Å².